The third-order valence-corrected chi connectivity index (χ3v) is 7.84. The minimum Gasteiger partial charge on any atom is -0.381 e. The van der Waals surface area contributed by atoms with Crippen molar-refractivity contribution in [3.8, 4) is 0 Å². The zero-order valence-corrected chi connectivity index (χ0v) is 30.3. The van der Waals surface area contributed by atoms with Crippen molar-refractivity contribution in [1.29, 1.82) is 0 Å². The molecule has 0 atom stereocenters. The lowest BCUT2D eigenvalue weighted by atomic mass is 9.90. The van der Waals surface area contributed by atoms with Gasteiger partial charge >= 0.3 is 0 Å². The quantitative estimate of drug-likeness (QED) is 0.0419. The molecule has 0 aliphatic carbocycles. The number of rotatable bonds is 34. The first-order valence-corrected chi connectivity index (χ1v) is 18.6. The summed E-state index contributed by atoms with van der Waals surface area (Å²) in [5, 5.41) is 0. The molecule has 0 saturated carbocycles. The molecule has 0 rings (SSSR count). The third kappa shape index (κ3) is 24.7. The van der Waals surface area contributed by atoms with Gasteiger partial charge < -0.3 is 33.2 Å². The molecule has 41 heavy (non-hydrogen) atoms. The van der Waals surface area contributed by atoms with Gasteiger partial charge in [0.15, 0.2) is 0 Å². The maximum Gasteiger partial charge on any atom is 0.0637 e. The van der Waals surface area contributed by atoms with E-state index in [0.29, 0.717) is 92.5 Å². The SMILES string of the molecule is SCCCOCC(COCCCS)(COCCCS)COCC(COCCCS)(COCCCS)COCCCS. The van der Waals surface area contributed by atoms with E-state index in [1.54, 1.807) is 0 Å². The highest BCUT2D eigenvalue weighted by Gasteiger charge is 2.36. The van der Waals surface area contributed by atoms with Crippen molar-refractivity contribution in [3.63, 3.8) is 0 Å². The van der Waals surface area contributed by atoms with E-state index in [0.717, 1.165) is 73.0 Å². The van der Waals surface area contributed by atoms with Crippen molar-refractivity contribution in [2.24, 2.45) is 10.8 Å². The van der Waals surface area contributed by atoms with Gasteiger partial charge in [-0.15, -0.1) is 0 Å². The lowest BCUT2D eigenvalue weighted by molar-refractivity contribution is -0.142. The molecule has 0 heterocycles. The van der Waals surface area contributed by atoms with Crippen LogP contribution in [0.1, 0.15) is 38.5 Å². The van der Waals surface area contributed by atoms with Crippen molar-refractivity contribution in [1.82, 2.24) is 0 Å². The minimum atomic E-state index is -0.470. The number of hydrogen-bond donors (Lipinski definition) is 6. The number of ether oxygens (including phenoxy) is 7. The van der Waals surface area contributed by atoms with Gasteiger partial charge in [-0.1, -0.05) is 0 Å². The van der Waals surface area contributed by atoms with Crippen LogP contribution >= 0.6 is 75.8 Å². The largest absolute Gasteiger partial charge is 0.381 e. The van der Waals surface area contributed by atoms with Crippen LogP contribution in [-0.4, -0.2) is 127 Å². The van der Waals surface area contributed by atoms with Crippen molar-refractivity contribution in [2.75, 3.05) is 127 Å². The first kappa shape index (κ1) is 42.8. The Balaban J connectivity index is 5.70. The number of hydrogen-bond acceptors (Lipinski definition) is 13. The third-order valence-electron chi connectivity index (χ3n) is 5.95. The van der Waals surface area contributed by atoms with Crippen LogP contribution < -0.4 is 0 Å². The fourth-order valence-corrected chi connectivity index (χ4v) is 4.49. The molecule has 248 valence electrons. The molecule has 0 aromatic rings. The summed E-state index contributed by atoms with van der Waals surface area (Å²) in [5.41, 5.74) is -0.940. The Kier molecular flexibility index (Phi) is 33.2. The summed E-state index contributed by atoms with van der Waals surface area (Å²) in [6.07, 6.45) is 5.26. The zero-order chi connectivity index (χ0) is 30.3. The molecule has 0 amide bonds. The average Bonchev–Trinajstić information content (AvgIpc) is 2.98. The highest BCUT2D eigenvalue weighted by atomic mass is 32.1. The molecular formula is C28H58O7S6. The van der Waals surface area contributed by atoms with Crippen LogP contribution in [0.5, 0.6) is 0 Å². The van der Waals surface area contributed by atoms with Gasteiger partial charge in [0.2, 0.25) is 0 Å². The van der Waals surface area contributed by atoms with E-state index < -0.39 is 10.8 Å². The van der Waals surface area contributed by atoms with Crippen molar-refractivity contribution in [2.45, 2.75) is 38.5 Å². The summed E-state index contributed by atoms with van der Waals surface area (Å²) in [7, 11) is 0. The van der Waals surface area contributed by atoms with Gasteiger partial charge in [0.1, 0.15) is 0 Å². The Bertz CT molecular complexity index is 434. The van der Waals surface area contributed by atoms with Gasteiger partial charge in [-0.2, -0.15) is 75.8 Å². The molecule has 0 aromatic heterocycles. The molecule has 0 fully saturated rings. The highest BCUT2D eigenvalue weighted by Crippen LogP contribution is 2.26. The summed E-state index contributed by atoms with van der Waals surface area (Å²) < 4.78 is 43.1. The highest BCUT2D eigenvalue weighted by molar-refractivity contribution is 7.81. The smallest absolute Gasteiger partial charge is 0.0637 e. The maximum atomic E-state index is 6.54. The lowest BCUT2D eigenvalue weighted by Gasteiger charge is -2.37. The molecule has 0 unspecified atom stereocenters. The molecule has 0 radical (unpaired) electrons. The molecule has 0 bridgehead atoms. The molecule has 0 aromatic carbocycles. The fraction of sp³-hybridized carbons (Fsp3) is 1.00. The monoisotopic (exact) mass is 698 g/mol. The van der Waals surface area contributed by atoms with E-state index in [1.807, 2.05) is 0 Å². The molecule has 0 aliphatic heterocycles. The van der Waals surface area contributed by atoms with Crippen molar-refractivity contribution in [3.05, 3.63) is 0 Å². The van der Waals surface area contributed by atoms with E-state index in [4.69, 9.17) is 33.2 Å². The molecular weight excluding hydrogens is 641 g/mol. The summed E-state index contributed by atoms with van der Waals surface area (Å²) in [6, 6.07) is 0. The van der Waals surface area contributed by atoms with E-state index in [9.17, 15) is 0 Å². The van der Waals surface area contributed by atoms with E-state index in [1.165, 1.54) is 0 Å². The fourth-order valence-electron chi connectivity index (χ4n) is 3.72. The van der Waals surface area contributed by atoms with Crippen LogP contribution in [0.3, 0.4) is 0 Å². The minimum absolute atomic E-state index is 0.404. The zero-order valence-electron chi connectivity index (χ0n) is 24.9. The summed E-state index contributed by atoms with van der Waals surface area (Å²) >= 11 is 25.9. The van der Waals surface area contributed by atoms with Crippen molar-refractivity contribution < 1.29 is 33.2 Å². The topological polar surface area (TPSA) is 64.6 Å². The molecule has 0 N–H and O–H groups in total. The average molecular weight is 699 g/mol. The van der Waals surface area contributed by atoms with Gasteiger partial charge in [-0.05, 0) is 73.0 Å². The lowest BCUT2D eigenvalue weighted by Crippen LogP contribution is -2.46. The van der Waals surface area contributed by atoms with Crippen LogP contribution in [0.25, 0.3) is 0 Å². The van der Waals surface area contributed by atoms with Crippen LogP contribution in [0.4, 0.5) is 0 Å². The Morgan fingerprint density at radius 3 is 0.610 bits per heavy atom. The Morgan fingerprint density at radius 1 is 0.268 bits per heavy atom. The summed E-state index contributed by atoms with van der Waals surface area (Å²) in [5.74, 6) is 4.65. The predicted molar refractivity (Wildman–Crippen MR) is 191 cm³/mol. The predicted octanol–water partition coefficient (Wildman–Crippen LogP) is 4.99. The molecule has 0 saturated heterocycles. The second-order valence-electron chi connectivity index (χ2n) is 10.3. The van der Waals surface area contributed by atoms with Gasteiger partial charge in [0.25, 0.3) is 0 Å². The second kappa shape index (κ2) is 31.8. The first-order valence-electron chi connectivity index (χ1n) is 14.8. The van der Waals surface area contributed by atoms with Gasteiger partial charge in [0, 0.05) is 39.6 Å². The number of thiol groups is 6. The van der Waals surface area contributed by atoms with Crippen LogP contribution in [-0.2, 0) is 33.2 Å². The van der Waals surface area contributed by atoms with E-state index >= 15 is 0 Å². The Morgan fingerprint density at radius 2 is 0.439 bits per heavy atom. The van der Waals surface area contributed by atoms with Crippen LogP contribution in [0.2, 0.25) is 0 Å². The standard InChI is InChI=1S/C28H58O7S6/c36-13-1-7-29-19-27(20-30-8-2-14-37,21-31-9-3-15-38)25-35-26-28(22-32-10-4-16-39,23-33-11-5-17-40)24-34-12-6-18-41/h36-41H,1-26H2. The van der Waals surface area contributed by atoms with Crippen molar-refractivity contribution >= 4 is 75.8 Å². The van der Waals surface area contributed by atoms with E-state index in [2.05, 4.69) is 75.8 Å². The Hall–Kier alpha value is 1.82. The molecule has 7 nitrogen and oxygen atoms in total. The summed E-state index contributed by atoms with van der Waals surface area (Å²) in [6.45, 7) is 7.33. The van der Waals surface area contributed by atoms with Gasteiger partial charge in [-0.25, -0.2) is 0 Å². The first-order chi connectivity index (χ1) is 20.1. The molecule has 13 heteroatoms. The molecule has 0 spiro atoms. The van der Waals surface area contributed by atoms with Crippen LogP contribution in [0, 0.1) is 10.8 Å². The summed E-state index contributed by atoms with van der Waals surface area (Å²) in [4.78, 5) is 0. The Labute approximate surface area is 283 Å². The van der Waals surface area contributed by atoms with Gasteiger partial charge in [-0.3, -0.25) is 0 Å². The second-order valence-corrected chi connectivity index (χ2v) is 13.0. The van der Waals surface area contributed by atoms with Crippen LogP contribution in [0.15, 0.2) is 0 Å². The molecule has 0 aliphatic rings. The van der Waals surface area contributed by atoms with Gasteiger partial charge in [0.05, 0.1) is 63.7 Å². The van der Waals surface area contributed by atoms with E-state index in [-0.39, 0.29) is 0 Å². The normalized spacial score (nSPS) is 12.4. The maximum absolute atomic E-state index is 6.54.